The van der Waals surface area contributed by atoms with E-state index in [1.165, 1.54) is 7.11 Å². The van der Waals surface area contributed by atoms with Gasteiger partial charge in [-0.25, -0.2) is 14.8 Å². The van der Waals surface area contributed by atoms with E-state index < -0.39 is 37.1 Å². The topological polar surface area (TPSA) is 160 Å². The van der Waals surface area contributed by atoms with Gasteiger partial charge in [-0.3, -0.25) is 0 Å². The van der Waals surface area contributed by atoms with Crippen LogP contribution in [-0.4, -0.2) is 69.5 Å². The molecule has 1 aliphatic heterocycles. The van der Waals surface area contributed by atoms with Crippen molar-refractivity contribution in [2.75, 3.05) is 24.8 Å². The third-order valence-electron chi connectivity index (χ3n) is 3.09. The number of anilines is 2. The molecule has 0 unspecified atom stereocenters. The lowest BCUT2D eigenvalue weighted by Crippen LogP contribution is -2.37. The number of nitrogens with zero attached hydrogens (tertiary/aromatic N) is 2. The number of methoxy groups -OCH3 is 1. The summed E-state index contributed by atoms with van der Waals surface area (Å²) in [5.74, 6) is -0.877. The Morgan fingerprint density at radius 3 is 2.76 bits per heavy atom. The molecule has 10 nitrogen and oxygen atoms in total. The summed E-state index contributed by atoms with van der Waals surface area (Å²) in [6, 6.07) is 0. The summed E-state index contributed by atoms with van der Waals surface area (Å²) in [5.41, 5.74) is 5.49. The van der Waals surface area contributed by atoms with Gasteiger partial charge in [-0.05, 0) is 0 Å². The minimum absolute atomic E-state index is 0.0100. The van der Waals surface area contributed by atoms with E-state index in [9.17, 15) is 15.0 Å². The van der Waals surface area contributed by atoms with Crippen molar-refractivity contribution in [3.05, 3.63) is 11.9 Å². The molecule has 1 aromatic heterocycles. The van der Waals surface area contributed by atoms with Gasteiger partial charge >= 0.3 is 5.97 Å². The first kappa shape index (κ1) is 15.4. The highest BCUT2D eigenvalue weighted by Gasteiger charge is 2.43. The van der Waals surface area contributed by atoms with Crippen LogP contribution in [0.25, 0.3) is 0 Å². The van der Waals surface area contributed by atoms with Crippen molar-refractivity contribution in [1.29, 1.82) is 0 Å². The van der Waals surface area contributed by atoms with Crippen LogP contribution in [0.2, 0.25) is 0 Å². The van der Waals surface area contributed by atoms with Crippen LogP contribution in [0.15, 0.2) is 6.33 Å². The summed E-state index contributed by atoms with van der Waals surface area (Å²) < 4.78 is 9.81. The Labute approximate surface area is 119 Å². The number of carbonyl (C=O) groups excluding carboxylic acids is 1. The third kappa shape index (κ3) is 2.88. The lowest BCUT2D eigenvalue weighted by molar-refractivity contribution is -0.0154. The molecule has 0 aromatic carbocycles. The molecule has 0 aliphatic carbocycles. The van der Waals surface area contributed by atoms with Crippen LogP contribution in [-0.2, 0) is 9.47 Å². The second-order valence-electron chi connectivity index (χ2n) is 4.38. The van der Waals surface area contributed by atoms with Crippen LogP contribution >= 0.6 is 0 Å². The molecule has 0 bridgehead atoms. The fourth-order valence-corrected chi connectivity index (χ4v) is 1.97. The zero-order valence-corrected chi connectivity index (χ0v) is 11.1. The number of ether oxygens (including phenoxy) is 2. The minimum atomic E-state index is -1.32. The van der Waals surface area contributed by atoms with Crippen LogP contribution < -0.4 is 11.1 Å². The highest BCUT2D eigenvalue weighted by atomic mass is 16.6. The smallest absolute Gasteiger partial charge is 0.345 e. The standard InChI is InChI=1S/C11H16N4O6/c1-20-11(19)5-8(12)13-3-14-9(5)15-10-7(18)6(17)4(2-16)21-10/h3-4,6-7,10,16-18H,2H2,1H3,(H3,12,13,14,15)/t4-,6-,7-,10-/m1/s1. The van der Waals surface area contributed by atoms with E-state index in [1.54, 1.807) is 0 Å². The lowest BCUT2D eigenvalue weighted by Gasteiger charge is -2.18. The van der Waals surface area contributed by atoms with Crippen molar-refractivity contribution >= 4 is 17.6 Å². The van der Waals surface area contributed by atoms with Gasteiger partial charge in [0.2, 0.25) is 0 Å². The maximum atomic E-state index is 11.7. The molecule has 6 N–H and O–H groups in total. The molecule has 2 heterocycles. The Hall–Kier alpha value is -2.01. The second kappa shape index (κ2) is 6.18. The van der Waals surface area contributed by atoms with Gasteiger partial charge in [-0.1, -0.05) is 0 Å². The first-order chi connectivity index (χ1) is 9.99. The number of esters is 1. The van der Waals surface area contributed by atoms with Crippen molar-refractivity contribution in [2.45, 2.75) is 24.5 Å². The SMILES string of the molecule is COC(=O)c1c(N)ncnc1N[C@@H]1O[C@H](CO)[C@@H](O)[C@H]1O. The zero-order valence-electron chi connectivity index (χ0n) is 11.1. The fourth-order valence-electron chi connectivity index (χ4n) is 1.97. The molecule has 1 saturated heterocycles. The van der Waals surface area contributed by atoms with Crippen LogP contribution in [0.5, 0.6) is 0 Å². The summed E-state index contributed by atoms with van der Waals surface area (Å²) in [6.07, 6.45) is -3.49. The number of nitrogen functional groups attached to an aromatic ring is 1. The lowest BCUT2D eigenvalue weighted by atomic mass is 10.1. The maximum Gasteiger partial charge on any atom is 0.345 e. The second-order valence-corrected chi connectivity index (χ2v) is 4.38. The van der Waals surface area contributed by atoms with Crippen LogP contribution in [0.1, 0.15) is 10.4 Å². The van der Waals surface area contributed by atoms with E-state index >= 15 is 0 Å². The molecule has 1 aromatic rings. The van der Waals surface area contributed by atoms with Crippen LogP contribution in [0.3, 0.4) is 0 Å². The van der Waals surface area contributed by atoms with Gasteiger partial charge < -0.3 is 35.8 Å². The molecule has 4 atom stereocenters. The van der Waals surface area contributed by atoms with E-state index in [0.29, 0.717) is 0 Å². The summed E-state index contributed by atoms with van der Waals surface area (Å²) in [4.78, 5) is 19.2. The van der Waals surface area contributed by atoms with Crippen molar-refractivity contribution in [1.82, 2.24) is 9.97 Å². The van der Waals surface area contributed by atoms with Gasteiger partial charge in [-0.2, -0.15) is 0 Å². The first-order valence-electron chi connectivity index (χ1n) is 6.07. The molecule has 1 aliphatic rings. The number of aromatic nitrogens is 2. The highest BCUT2D eigenvalue weighted by Crippen LogP contribution is 2.25. The van der Waals surface area contributed by atoms with Gasteiger partial charge in [-0.15, -0.1) is 0 Å². The molecular formula is C11H16N4O6. The van der Waals surface area contributed by atoms with E-state index in [0.717, 1.165) is 6.33 Å². The molecular weight excluding hydrogens is 284 g/mol. The summed E-state index contributed by atoms with van der Waals surface area (Å²) in [5, 5.41) is 31.2. The normalized spacial score (nSPS) is 28.4. The van der Waals surface area contributed by atoms with Gasteiger partial charge in [0.05, 0.1) is 13.7 Å². The fraction of sp³-hybridized carbons (Fsp3) is 0.545. The Morgan fingerprint density at radius 1 is 1.48 bits per heavy atom. The van der Waals surface area contributed by atoms with Crippen molar-refractivity contribution in [3.8, 4) is 0 Å². The number of carbonyl (C=O) groups is 1. The number of nitrogens with two attached hydrogens (primary N) is 1. The highest BCUT2D eigenvalue weighted by molar-refractivity contribution is 5.99. The van der Waals surface area contributed by atoms with Crippen LogP contribution in [0, 0.1) is 0 Å². The van der Waals surface area contributed by atoms with E-state index in [2.05, 4.69) is 20.0 Å². The Morgan fingerprint density at radius 2 is 2.19 bits per heavy atom. The molecule has 116 valence electrons. The molecule has 0 radical (unpaired) electrons. The zero-order chi connectivity index (χ0) is 15.6. The minimum Gasteiger partial charge on any atom is -0.465 e. The Bertz CT molecular complexity index is 527. The van der Waals surface area contributed by atoms with E-state index in [-0.39, 0.29) is 17.2 Å². The van der Waals surface area contributed by atoms with Gasteiger partial charge in [0.25, 0.3) is 0 Å². The van der Waals surface area contributed by atoms with Gasteiger partial charge in [0.1, 0.15) is 41.8 Å². The van der Waals surface area contributed by atoms with E-state index in [1.807, 2.05) is 0 Å². The molecule has 0 saturated carbocycles. The average molecular weight is 300 g/mol. The number of hydrogen-bond donors (Lipinski definition) is 5. The molecule has 21 heavy (non-hydrogen) atoms. The predicted octanol–water partition coefficient (Wildman–Crippen LogP) is -2.30. The molecule has 1 fully saturated rings. The van der Waals surface area contributed by atoms with Crippen molar-refractivity contribution in [3.63, 3.8) is 0 Å². The largest absolute Gasteiger partial charge is 0.465 e. The number of nitrogens with one attached hydrogen (secondary N) is 1. The maximum absolute atomic E-state index is 11.7. The summed E-state index contributed by atoms with van der Waals surface area (Å²) >= 11 is 0. The summed E-state index contributed by atoms with van der Waals surface area (Å²) in [6.45, 7) is -0.466. The molecule has 2 rings (SSSR count). The molecule has 0 spiro atoms. The van der Waals surface area contributed by atoms with Crippen molar-refractivity contribution in [2.24, 2.45) is 0 Å². The average Bonchev–Trinajstić information content (AvgIpc) is 2.74. The quantitative estimate of drug-likeness (QED) is 0.382. The van der Waals surface area contributed by atoms with Crippen LogP contribution in [0.4, 0.5) is 11.6 Å². The number of rotatable bonds is 4. The molecule has 0 amide bonds. The van der Waals surface area contributed by atoms with E-state index in [4.69, 9.17) is 15.6 Å². The number of aliphatic hydroxyl groups excluding tert-OH is 3. The number of hydrogen-bond acceptors (Lipinski definition) is 10. The summed E-state index contributed by atoms with van der Waals surface area (Å²) in [7, 11) is 1.17. The predicted molar refractivity (Wildman–Crippen MR) is 69.2 cm³/mol. The third-order valence-corrected chi connectivity index (χ3v) is 3.09. The Balaban J connectivity index is 2.24. The van der Waals surface area contributed by atoms with Crippen molar-refractivity contribution < 1.29 is 29.6 Å². The monoisotopic (exact) mass is 300 g/mol. The number of aliphatic hydroxyl groups is 3. The van der Waals surface area contributed by atoms with Gasteiger partial charge in [0.15, 0.2) is 6.23 Å². The molecule has 10 heteroatoms. The van der Waals surface area contributed by atoms with Gasteiger partial charge in [0, 0.05) is 0 Å². The Kier molecular flexibility index (Phi) is 4.53. The first-order valence-corrected chi connectivity index (χ1v) is 6.07.